The van der Waals surface area contributed by atoms with Crippen LogP contribution in [0.3, 0.4) is 0 Å². The molecule has 17 heavy (non-hydrogen) atoms. The zero-order chi connectivity index (χ0) is 12.3. The van der Waals surface area contributed by atoms with Crippen molar-refractivity contribution in [1.82, 2.24) is 0 Å². The van der Waals surface area contributed by atoms with Crippen molar-refractivity contribution >= 4 is 34.2 Å². The van der Waals surface area contributed by atoms with Gasteiger partial charge < -0.3 is 14.8 Å². The van der Waals surface area contributed by atoms with Crippen LogP contribution in [0.4, 0.5) is 5.69 Å². The van der Waals surface area contributed by atoms with E-state index < -0.39 is 5.97 Å². The van der Waals surface area contributed by atoms with E-state index in [1.807, 2.05) is 24.3 Å². The quantitative estimate of drug-likeness (QED) is 0.837. The van der Waals surface area contributed by atoms with E-state index in [9.17, 15) is 4.79 Å². The second-order valence-corrected chi connectivity index (χ2v) is 4.68. The molecule has 0 aliphatic heterocycles. The molecule has 5 heteroatoms. The highest BCUT2D eigenvalue weighted by atomic mass is 127. The van der Waals surface area contributed by atoms with Gasteiger partial charge in [0.05, 0.1) is 6.54 Å². The number of nitrogens with one attached hydrogen (secondary N) is 1. The van der Waals surface area contributed by atoms with Gasteiger partial charge in [0, 0.05) is 9.26 Å². The number of benzene rings is 1. The summed E-state index contributed by atoms with van der Waals surface area (Å²) in [7, 11) is 0. The van der Waals surface area contributed by atoms with Crippen molar-refractivity contribution in [3.05, 3.63) is 51.5 Å². The fourth-order valence-corrected chi connectivity index (χ4v) is 1.70. The average Bonchev–Trinajstić information content (AvgIpc) is 2.77. The van der Waals surface area contributed by atoms with Crippen molar-refractivity contribution in [2.75, 3.05) is 5.32 Å². The van der Waals surface area contributed by atoms with Crippen LogP contribution in [0.2, 0.25) is 0 Å². The number of halogens is 1. The summed E-state index contributed by atoms with van der Waals surface area (Å²) in [5.41, 5.74) is 0.971. The second-order valence-electron chi connectivity index (χ2n) is 3.43. The maximum Gasteiger partial charge on any atom is 0.371 e. The van der Waals surface area contributed by atoms with E-state index in [0.29, 0.717) is 12.3 Å². The minimum absolute atomic E-state index is 0.0376. The SMILES string of the molecule is O=C(O)c1ccc(CNc2ccc(I)cc2)o1. The van der Waals surface area contributed by atoms with E-state index in [1.54, 1.807) is 6.07 Å². The Balaban J connectivity index is 1.97. The van der Waals surface area contributed by atoms with Gasteiger partial charge in [-0.15, -0.1) is 0 Å². The standard InChI is InChI=1S/C12H10INO3/c13-8-1-3-9(4-2-8)14-7-10-5-6-11(17-10)12(15)16/h1-6,14H,7H2,(H,15,16). The lowest BCUT2D eigenvalue weighted by atomic mass is 10.3. The molecule has 0 fully saturated rings. The first-order valence-electron chi connectivity index (χ1n) is 4.96. The van der Waals surface area contributed by atoms with Crippen LogP contribution in [-0.2, 0) is 6.54 Å². The summed E-state index contributed by atoms with van der Waals surface area (Å²) < 4.78 is 6.29. The lowest BCUT2D eigenvalue weighted by Crippen LogP contribution is -1.98. The van der Waals surface area contributed by atoms with E-state index in [0.717, 1.165) is 5.69 Å². The zero-order valence-electron chi connectivity index (χ0n) is 8.81. The van der Waals surface area contributed by atoms with Crippen LogP contribution in [0.15, 0.2) is 40.8 Å². The Hall–Kier alpha value is -1.50. The molecule has 2 rings (SSSR count). The molecule has 4 nitrogen and oxygen atoms in total. The maximum atomic E-state index is 10.6. The minimum Gasteiger partial charge on any atom is -0.475 e. The van der Waals surface area contributed by atoms with E-state index in [-0.39, 0.29) is 5.76 Å². The van der Waals surface area contributed by atoms with E-state index in [2.05, 4.69) is 27.9 Å². The van der Waals surface area contributed by atoms with Gasteiger partial charge >= 0.3 is 5.97 Å². The summed E-state index contributed by atoms with van der Waals surface area (Å²) in [6.45, 7) is 0.466. The molecular weight excluding hydrogens is 333 g/mol. The van der Waals surface area contributed by atoms with Crippen molar-refractivity contribution in [2.45, 2.75) is 6.54 Å². The number of rotatable bonds is 4. The normalized spacial score (nSPS) is 10.2. The van der Waals surface area contributed by atoms with Gasteiger partial charge in [0.15, 0.2) is 0 Å². The number of carbonyl (C=O) groups is 1. The summed E-state index contributed by atoms with van der Waals surface area (Å²) in [6, 6.07) is 11.0. The van der Waals surface area contributed by atoms with Gasteiger partial charge in [-0.05, 0) is 59.0 Å². The first-order chi connectivity index (χ1) is 8.15. The van der Waals surface area contributed by atoms with Gasteiger partial charge in [-0.25, -0.2) is 4.79 Å². The molecule has 0 bridgehead atoms. The predicted octanol–water partition coefficient (Wildman–Crippen LogP) is 3.19. The first kappa shape index (κ1) is 12.0. The smallest absolute Gasteiger partial charge is 0.371 e. The van der Waals surface area contributed by atoms with Gasteiger partial charge in [0.1, 0.15) is 5.76 Å². The molecule has 0 saturated carbocycles. The zero-order valence-corrected chi connectivity index (χ0v) is 11.0. The number of anilines is 1. The minimum atomic E-state index is -1.05. The predicted molar refractivity (Wildman–Crippen MR) is 72.2 cm³/mol. The van der Waals surface area contributed by atoms with Crippen LogP contribution in [0.25, 0.3) is 0 Å². The largest absolute Gasteiger partial charge is 0.475 e. The molecule has 0 atom stereocenters. The third-order valence-electron chi connectivity index (χ3n) is 2.18. The van der Waals surface area contributed by atoms with Crippen molar-refractivity contribution in [3.63, 3.8) is 0 Å². The van der Waals surface area contributed by atoms with E-state index in [4.69, 9.17) is 9.52 Å². The maximum absolute atomic E-state index is 10.6. The molecule has 1 aromatic heterocycles. The Labute approximate surface area is 112 Å². The monoisotopic (exact) mass is 343 g/mol. The Morgan fingerprint density at radius 1 is 1.24 bits per heavy atom. The summed E-state index contributed by atoms with van der Waals surface area (Å²) >= 11 is 2.24. The van der Waals surface area contributed by atoms with Crippen LogP contribution in [0.5, 0.6) is 0 Å². The number of hydrogen-bond donors (Lipinski definition) is 2. The van der Waals surface area contributed by atoms with Crippen molar-refractivity contribution in [1.29, 1.82) is 0 Å². The van der Waals surface area contributed by atoms with Crippen LogP contribution < -0.4 is 5.32 Å². The van der Waals surface area contributed by atoms with Gasteiger partial charge in [0.2, 0.25) is 5.76 Å². The van der Waals surface area contributed by atoms with Gasteiger partial charge in [-0.1, -0.05) is 0 Å². The Bertz CT molecular complexity index is 519. The Morgan fingerprint density at radius 2 is 1.94 bits per heavy atom. The number of aromatic carboxylic acids is 1. The first-order valence-corrected chi connectivity index (χ1v) is 6.04. The highest BCUT2D eigenvalue weighted by molar-refractivity contribution is 14.1. The number of carboxylic acid groups (broad SMARTS) is 1. The lowest BCUT2D eigenvalue weighted by Gasteiger charge is -2.03. The Morgan fingerprint density at radius 3 is 2.53 bits per heavy atom. The van der Waals surface area contributed by atoms with Crippen molar-refractivity contribution in [3.8, 4) is 0 Å². The molecule has 2 aromatic rings. The van der Waals surface area contributed by atoms with Gasteiger partial charge in [0.25, 0.3) is 0 Å². The van der Waals surface area contributed by atoms with E-state index in [1.165, 1.54) is 9.64 Å². The molecule has 0 unspecified atom stereocenters. The third-order valence-corrected chi connectivity index (χ3v) is 2.90. The molecule has 0 aliphatic carbocycles. The molecule has 0 radical (unpaired) electrons. The van der Waals surface area contributed by atoms with Gasteiger partial charge in [-0.3, -0.25) is 0 Å². The lowest BCUT2D eigenvalue weighted by molar-refractivity contribution is 0.0660. The molecule has 88 valence electrons. The fraction of sp³-hybridized carbons (Fsp3) is 0.0833. The van der Waals surface area contributed by atoms with Crippen LogP contribution in [0, 0.1) is 3.57 Å². The highest BCUT2D eigenvalue weighted by Gasteiger charge is 2.08. The van der Waals surface area contributed by atoms with Crippen molar-refractivity contribution in [2.24, 2.45) is 0 Å². The molecular formula is C12H10INO3. The molecule has 2 N–H and O–H groups in total. The molecule has 1 aromatic carbocycles. The third kappa shape index (κ3) is 3.23. The van der Waals surface area contributed by atoms with Gasteiger partial charge in [-0.2, -0.15) is 0 Å². The van der Waals surface area contributed by atoms with Crippen LogP contribution in [0.1, 0.15) is 16.3 Å². The highest BCUT2D eigenvalue weighted by Crippen LogP contribution is 2.14. The average molecular weight is 343 g/mol. The van der Waals surface area contributed by atoms with Crippen LogP contribution >= 0.6 is 22.6 Å². The van der Waals surface area contributed by atoms with Crippen LogP contribution in [-0.4, -0.2) is 11.1 Å². The summed E-state index contributed by atoms with van der Waals surface area (Å²) in [5.74, 6) is -0.490. The molecule has 1 heterocycles. The molecule has 0 aliphatic rings. The molecule has 0 spiro atoms. The number of hydrogen-bond acceptors (Lipinski definition) is 3. The summed E-state index contributed by atoms with van der Waals surface area (Å²) in [4.78, 5) is 10.6. The summed E-state index contributed by atoms with van der Waals surface area (Å²) in [6.07, 6.45) is 0. The molecule has 0 amide bonds. The number of carboxylic acids is 1. The fourth-order valence-electron chi connectivity index (χ4n) is 1.34. The van der Waals surface area contributed by atoms with Crippen molar-refractivity contribution < 1.29 is 14.3 Å². The summed E-state index contributed by atoms with van der Waals surface area (Å²) in [5, 5.41) is 11.8. The molecule has 0 saturated heterocycles. The van der Waals surface area contributed by atoms with E-state index >= 15 is 0 Å². The number of furan rings is 1. The Kier molecular flexibility index (Phi) is 3.68. The second kappa shape index (κ2) is 5.22. The topological polar surface area (TPSA) is 62.5 Å².